The topological polar surface area (TPSA) is 0 Å². The van der Waals surface area contributed by atoms with Gasteiger partial charge >= 0.3 is 0 Å². The molecule has 0 saturated heterocycles. The van der Waals surface area contributed by atoms with Gasteiger partial charge in [0.2, 0.25) is 0 Å². The van der Waals surface area contributed by atoms with E-state index in [4.69, 9.17) is 0 Å². The number of allylic oxidation sites excluding steroid dienone is 1. The Hall–Kier alpha value is -0.0431. The van der Waals surface area contributed by atoms with Gasteiger partial charge in [0.25, 0.3) is 0 Å². The second kappa shape index (κ2) is 7.89. The van der Waals surface area contributed by atoms with Gasteiger partial charge in [0.05, 0.1) is 8.07 Å². The summed E-state index contributed by atoms with van der Waals surface area (Å²) in [6, 6.07) is 0. The minimum atomic E-state index is -1.16. The zero-order chi connectivity index (χ0) is 17.2. The average molecular weight is 335 g/mol. The summed E-state index contributed by atoms with van der Waals surface area (Å²) in [5.74, 6) is 4.80. The van der Waals surface area contributed by atoms with Gasteiger partial charge in [-0.1, -0.05) is 72.5 Å². The molecule has 0 aromatic heterocycles. The summed E-state index contributed by atoms with van der Waals surface area (Å²) in [4.78, 5) is 0. The monoisotopic (exact) mass is 334 g/mol. The molecule has 2 aliphatic rings. The van der Waals surface area contributed by atoms with Gasteiger partial charge in [-0.05, 0) is 59.9 Å². The molecule has 6 unspecified atom stereocenters. The van der Waals surface area contributed by atoms with Crippen LogP contribution in [-0.4, -0.2) is 8.07 Å². The lowest BCUT2D eigenvalue weighted by atomic mass is 9.92. The van der Waals surface area contributed by atoms with Crippen LogP contribution in [0.25, 0.3) is 0 Å². The van der Waals surface area contributed by atoms with Crippen LogP contribution in [0.4, 0.5) is 0 Å². The van der Waals surface area contributed by atoms with E-state index in [1.54, 1.807) is 12.8 Å². The third-order valence-electron chi connectivity index (χ3n) is 8.34. The fraction of sp³-hybridized carbons (Fsp3) is 0.909. The van der Waals surface area contributed by atoms with Gasteiger partial charge in [-0.15, -0.1) is 6.58 Å². The number of unbranched alkanes of at least 4 members (excludes halogenated alkanes) is 2. The van der Waals surface area contributed by atoms with E-state index >= 15 is 0 Å². The van der Waals surface area contributed by atoms with E-state index in [1.165, 1.54) is 32.1 Å². The van der Waals surface area contributed by atoms with Crippen molar-refractivity contribution in [2.24, 2.45) is 29.6 Å². The Morgan fingerprint density at radius 3 is 2.09 bits per heavy atom. The lowest BCUT2D eigenvalue weighted by molar-refractivity contribution is 0.352. The van der Waals surface area contributed by atoms with Crippen molar-refractivity contribution in [3.63, 3.8) is 0 Å². The standard InChI is InChI=1S/C22H42Si/c1-8-9-10-11-12-20-13-14-21(15-20)23(6,7)22-18(4)16(2)17(3)19(22)5/h8,16-22H,1,9-15H2,2-7H3. The molecule has 0 radical (unpaired) electrons. The molecule has 23 heavy (non-hydrogen) atoms. The SMILES string of the molecule is C=CCCCCC1CCC([Si](C)(C)C2C(C)C(C)C(C)C2C)C1. The van der Waals surface area contributed by atoms with Crippen molar-refractivity contribution >= 4 is 8.07 Å². The van der Waals surface area contributed by atoms with Crippen LogP contribution < -0.4 is 0 Å². The van der Waals surface area contributed by atoms with Gasteiger partial charge in [-0.3, -0.25) is 0 Å². The molecule has 2 saturated carbocycles. The van der Waals surface area contributed by atoms with Crippen LogP contribution in [0.1, 0.15) is 72.6 Å². The van der Waals surface area contributed by atoms with E-state index in [0.29, 0.717) is 0 Å². The molecule has 0 aromatic carbocycles. The fourth-order valence-corrected chi connectivity index (χ4v) is 12.2. The van der Waals surface area contributed by atoms with Crippen molar-refractivity contribution < 1.29 is 0 Å². The third kappa shape index (κ3) is 3.97. The highest BCUT2D eigenvalue weighted by Crippen LogP contribution is 2.59. The molecular weight excluding hydrogens is 292 g/mol. The summed E-state index contributed by atoms with van der Waals surface area (Å²) in [6.45, 7) is 19.5. The van der Waals surface area contributed by atoms with Gasteiger partial charge in [-0.2, -0.15) is 0 Å². The lowest BCUT2D eigenvalue weighted by Gasteiger charge is -2.41. The molecule has 0 heterocycles. The van der Waals surface area contributed by atoms with Gasteiger partial charge in [0.1, 0.15) is 0 Å². The first-order valence-electron chi connectivity index (χ1n) is 10.4. The van der Waals surface area contributed by atoms with Gasteiger partial charge in [0.15, 0.2) is 0 Å². The van der Waals surface area contributed by atoms with E-state index in [2.05, 4.69) is 53.4 Å². The molecule has 0 nitrogen and oxygen atoms in total. The van der Waals surface area contributed by atoms with E-state index in [9.17, 15) is 0 Å². The Bertz CT molecular complexity index is 371. The van der Waals surface area contributed by atoms with Crippen molar-refractivity contribution in [2.75, 3.05) is 0 Å². The highest BCUT2D eigenvalue weighted by molar-refractivity contribution is 6.80. The molecular formula is C22H42Si. The Morgan fingerprint density at radius 1 is 0.913 bits per heavy atom. The van der Waals surface area contributed by atoms with Crippen molar-refractivity contribution in [2.45, 2.75) is 96.8 Å². The zero-order valence-electron chi connectivity index (χ0n) is 16.8. The first kappa shape index (κ1) is 19.3. The molecule has 0 aliphatic heterocycles. The maximum atomic E-state index is 3.85. The average Bonchev–Trinajstić information content (AvgIpc) is 3.05. The van der Waals surface area contributed by atoms with Crippen LogP contribution in [0, 0.1) is 29.6 Å². The highest BCUT2D eigenvalue weighted by Gasteiger charge is 2.52. The predicted octanol–water partition coefficient (Wildman–Crippen LogP) is 7.54. The molecule has 2 rings (SSSR count). The van der Waals surface area contributed by atoms with Crippen LogP contribution in [0.3, 0.4) is 0 Å². The summed E-state index contributed by atoms with van der Waals surface area (Å²) >= 11 is 0. The Balaban J connectivity index is 1.94. The molecule has 134 valence electrons. The lowest BCUT2D eigenvalue weighted by Crippen LogP contribution is -2.41. The molecule has 0 N–H and O–H groups in total. The molecule has 2 aliphatic carbocycles. The minimum absolute atomic E-state index is 0.929. The first-order valence-corrected chi connectivity index (χ1v) is 13.6. The number of rotatable bonds is 7. The van der Waals surface area contributed by atoms with Crippen molar-refractivity contribution in [1.82, 2.24) is 0 Å². The predicted molar refractivity (Wildman–Crippen MR) is 108 cm³/mol. The Morgan fingerprint density at radius 2 is 1.52 bits per heavy atom. The van der Waals surface area contributed by atoms with Crippen molar-refractivity contribution in [3.8, 4) is 0 Å². The molecule has 2 fully saturated rings. The van der Waals surface area contributed by atoms with E-state index in [1.807, 2.05) is 0 Å². The summed E-state index contributed by atoms with van der Waals surface area (Å²) in [5.41, 5.74) is 2.15. The molecule has 6 atom stereocenters. The smallest absolute Gasteiger partial charge is 0.0541 e. The molecule has 0 amide bonds. The summed E-state index contributed by atoms with van der Waals surface area (Å²) in [5, 5.41) is 0. The minimum Gasteiger partial charge on any atom is -0.103 e. The van der Waals surface area contributed by atoms with Crippen molar-refractivity contribution in [3.05, 3.63) is 12.7 Å². The van der Waals surface area contributed by atoms with Crippen LogP contribution in [0.2, 0.25) is 24.2 Å². The Labute approximate surface area is 147 Å². The summed E-state index contributed by atoms with van der Waals surface area (Å²) in [6.07, 6.45) is 12.2. The number of hydrogen-bond acceptors (Lipinski definition) is 0. The van der Waals surface area contributed by atoms with Crippen LogP contribution in [0.5, 0.6) is 0 Å². The van der Waals surface area contributed by atoms with Crippen LogP contribution >= 0.6 is 0 Å². The second-order valence-electron chi connectivity index (χ2n) is 9.73. The molecule has 0 spiro atoms. The first-order chi connectivity index (χ1) is 10.8. The molecule has 0 aromatic rings. The number of hydrogen-bond donors (Lipinski definition) is 0. The third-order valence-corrected chi connectivity index (χ3v) is 13.7. The molecule has 0 bridgehead atoms. The molecule has 1 heteroatoms. The van der Waals surface area contributed by atoms with Gasteiger partial charge in [-0.25, -0.2) is 0 Å². The summed E-state index contributed by atoms with van der Waals surface area (Å²) in [7, 11) is -1.16. The van der Waals surface area contributed by atoms with Gasteiger partial charge < -0.3 is 0 Å². The van der Waals surface area contributed by atoms with Crippen molar-refractivity contribution in [1.29, 1.82) is 0 Å². The normalized spacial score (nSPS) is 41.4. The van der Waals surface area contributed by atoms with E-state index in [0.717, 1.165) is 40.7 Å². The zero-order valence-corrected chi connectivity index (χ0v) is 17.8. The maximum Gasteiger partial charge on any atom is 0.0541 e. The van der Waals surface area contributed by atoms with E-state index < -0.39 is 8.07 Å². The largest absolute Gasteiger partial charge is 0.103 e. The second-order valence-corrected chi connectivity index (χ2v) is 14.9. The summed E-state index contributed by atoms with van der Waals surface area (Å²) < 4.78 is 0. The van der Waals surface area contributed by atoms with Crippen LogP contribution in [0.15, 0.2) is 12.7 Å². The maximum absolute atomic E-state index is 3.85. The van der Waals surface area contributed by atoms with Gasteiger partial charge in [0, 0.05) is 0 Å². The highest BCUT2D eigenvalue weighted by atomic mass is 28.3. The fourth-order valence-electron chi connectivity index (χ4n) is 6.45. The van der Waals surface area contributed by atoms with E-state index in [-0.39, 0.29) is 0 Å². The van der Waals surface area contributed by atoms with Crippen LogP contribution in [-0.2, 0) is 0 Å². The quantitative estimate of drug-likeness (QED) is 0.256. The Kier molecular flexibility index (Phi) is 6.62.